The van der Waals surface area contributed by atoms with Crippen LogP contribution in [0.2, 0.25) is 0 Å². The second-order valence-electron chi connectivity index (χ2n) is 5.83. The van der Waals surface area contributed by atoms with E-state index in [0.29, 0.717) is 0 Å². The summed E-state index contributed by atoms with van der Waals surface area (Å²) >= 11 is 0. The molecule has 0 saturated carbocycles. The molecule has 1 unspecified atom stereocenters. The van der Waals surface area contributed by atoms with Crippen LogP contribution < -0.4 is 0 Å². The molecule has 0 fully saturated rings. The van der Waals surface area contributed by atoms with Crippen LogP contribution >= 0.6 is 7.82 Å². The van der Waals surface area contributed by atoms with Crippen LogP contribution in [-0.4, -0.2) is 39.7 Å². The zero-order valence-electron chi connectivity index (χ0n) is 14.3. The van der Waals surface area contributed by atoms with Crippen LogP contribution in [0.25, 0.3) is 0 Å². The standard InChI is InChI=1S/C15H33N.H3O4P/c1-5-7-9-10-11-12-14-15(16(3)4)13-8-6-2;1-5(2,3)4/h15H,5-14H2,1-4H3;(H3,1,2,3,4). The van der Waals surface area contributed by atoms with Gasteiger partial charge in [-0.25, -0.2) is 4.57 Å². The largest absolute Gasteiger partial charge is 0.466 e. The SMILES string of the molecule is CCCCCCCCC(CCCC)N(C)C.O=P(O)(O)O. The van der Waals surface area contributed by atoms with Gasteiger partial charge in [-0.3, -0.25) is 0 Å². The van der Waals surface area contributed by atoms with Crippen LogP contribution in [0.1, 0.15) is 78.1 Å². The van der Waals surface area contributed by atoms with E-state index < -0.39 is 7.82 Å². The van der Waals surface area contributed by atoms with Gasteiger partial charge >= 0.3 is 7.82 Å². The van der Waals surface area contributed by atoms with Crippen LogP contribution in [0.15, 0.2) is 0 Å². The minimum absolute atomic E-state index is 0.825. The van der Waals surface area contributed by atoms with E-state index in [1.807, 2.05) is 0 Å². The van der Waals surface area contributed by atoms with Gasteiger partial charge in [-0.1, -0.05) is 65.2 Å². The third-order valence-corrected chi connectivity index (χ3v) is 3.51. The second kappa shape index (κ2) is 15.0. The molecule has 0 aliphatic carbocycles. The highest BCUT2D eigenvalue weighted by molar-refractivity contribution is 7.45. The van der Waals surface area contributed by atoms with Gasteiger partial charge < -0.3 is 19.6 Å². The quantitative estimate of drug-likeness (QED) is 0.396. The van der Waals surface area contributed by atoms with Crippen LogP contribution in [0.3, 0.4) is 0 Å². The van der Waals surface area contributed by atoms with E-state index in [1.54, 1.807) is 0 Å². The number of phosphoric acid groups is 1. The summed E-state index contributed by atoms with van der Waals surface area (Å²) in [5.41, 5.74) is 0. The predicted octanol–water partition coefficient (Wildman–Crippen LogP) is 3.93. The Balaban J connectivity index is 0. The first kappa shape index (κ1) is 23.3. The lowest BCUT2D eigenvalue weighted by atomic mass is 10.0. The maximum atomic E-state index is 8.88. The van der Waals surface area contributed by atoms with Crippen molar-refractivity contribution in [2.75, 3.05) is 14.1 Å². The summed E-state index contributed by atoms with van der Waals surface area (Å²) in [6.45, 7) is 4.57. The molecule has 0 rings (SSSR count). The minimum atomic E-state index is -4.64. The lowest BCUT2D eigenvalue weighted by Crippen LogP contribution is -2.27. The Morgan fingerprint density at radius 1 is 0.810 bits per heavy atom. The lowest BCUT2D eigenvalue weighted by molar-refractivity contribution is 0.253. The highest BCUT2D eigenvalue weighted by Gasteiger charge is 2.09. The lowest BCUT2D eigenvalue weighted by Gasteiger charge is -2.24. The Kier molecular flexibility index (Phi) is 16.7. The van der Waals surface area contributed by atoms with Crippen molar-refractivity contribution in [3.05, 3.63) is 0 Å². The Morgan fingerprint density at radius 2 is 1.19 bits per heavy atom. The Labute approximate surface area is 131 Å². The minimum Gasteiger partial charge on any atom is -0.306 e. The van der Waals surface area contributed by atoms with Gasteiger partial charge in [-0.05, 0) is 26.9 Å². The fourth-order valence-electron chi connectivity index (χ4n) is 2.26. The molecule has 21 heavy (non-hydrogen) atoms. The van der Waals surface area contributed by atoms with E-state index in [9.17, 15) is 0 Å². The normalized spacial score (nSPS) is 13.0. The Bertz CT molecular complexity index is 248. The number of unbranched alkanes of at least 4 members (excludes halogenated alkanes) is 6. The first-order valence-corrected chi connectivity index (χ1v) is 9.73. The van der Waals surface area contributed by atoms with Crippen molar-refractivity contribution in [2.24, 2.45) is 0 Å². The number of hydrogen-bond acceptors (Lipinski definition) is 2. The molecule has 0 aromatic carbocycles. The summed E-state index contributed by atoms with van der Waals surface area (Å²) < 4.78 is 8.88. The van der Waals surface area contributed by atoms with E-state index in [-0.39, 0.29) is 0 Å². The summed E-state index contributed by atoms with van der Waals surface area (Å²) in [6, 6.07) is 0.825. The zero-order valence-corrected chi connectivity index (χ0v) is 15.2. The maximum Gasteiger partial charge on any atom is 0.466 e. The molecule has 0 spiro atoms. The summed E-state index contributed by atoms with van der Waals surface area (Å²) in [5, 5.41) is 0. The fourth-order valence-corrected chi connectivity index (χ4v) is 2.26. The van der Waals surface area contributed by atoms with Gasteiger partial charge in [0, 0.05) is 6.04 Å². The van der Waals surface area contributed by atoms with Crippen molar-refractivity contribution in [2.45, 2.75) is 84.1 Å². The Morgan fingerprint density at radius 3 is 1.62 bits per heavy atom. The molecule has 0 saturated heterocycles. The summed E-state index contributed by atoms with van der Waals surface area (Å²) in [4.78, 5) is 24.0. The van der Waals surface area contributed by atoms with E-state index in [4.69, 9.17) is 19.2 Å². The fraction of sp³-hybridized carbons (Fsp3) is 1.00. The van der Waals surface area contributed by atoms with Gasteiger partial charge in [0.05, 0.1) is 0 Å². The van der Waals surface area contributed by atoms with Gasteiger partial charge in [-0.15, -0.1) is 0 Å². The molecule has 3 N–H and O–H groups in total. The van der Waals surface area contributed by atoms with Gasteiger partial charge in [0.25, 0.3) is 0 Å². The van der Waals surface area contributed by atoms with Crippen molar-refractivity contribution in [1.82, 2.24) is 4.90 Å². The van der Waals surface area contributed by atoms with E-state index in [1.165, 1.54) is 64.2 Å². The van der Waals surface area contributed by atoms with Crippen LogP contribution in [-0.2, 0) is 4.57 Å². The molecule has 1 atom stereocenters. The van der Waals surface area contributed by atoms with Crippen LogP contribution in [0.5, 0.6) is 0 Å². The first-order valence-electron chi connectivity index (χ1n) is 8.17. The molecule has 0 radical (unpaired) electrons. The zero-order chi connectivity index (χ0) is 16.7. The predicted molar refractivity (Wildman–Crippen MR) is 89.3 cm³/mol. The van der Waals surface area contributed by atoms with Crippen molar-refractivity contribution in [3.8, 4) is 0 Å². The molecule has 130 valence electrons. The summed E-state index contributed by atoms with van der Waals surface area (Å²) in [6.07, 6.45) is 14.0. The molecule has 0 amide bonds. The number of nitrogens with zero attached hydrogens (tertiary/aromatic N) is 1. The van der Waals surface area contributed by atoms with E-state index in [0.717, 1.165) is 6.04 Å². The topological polar surface area (TPSA) is 81.0 Å². The molecule has 0 heterocycles. The highest BCUT2D eigenvalue weighted by atomic mass is 31.2. The molecular formula is C15H36NO4P. The molecule has 6 heteroatoms. The third-order valence-electron chi connectivity index (χ3n) is 3.51. The van der Waals surface area contributed by atoms with E-state index in [2.05, 4.69) is 32.8 Å². The molecule has 0 aromatic rings. The van der Waals surface area contributed by atoms with Crippen molar-refractivity contribution in [1.29, 1.82) is 0 Å². The molecular weight excluding hydrogens is 289 g/mol. The second-order valence-corrected chi connectivity index (χ2v) is 6.86. The first-order chi connectivity index (χ1) is 9.72. The molecule has 0 aliphatic heterocycles. The smallest absolute Gasteiger partial charge is 0.306 e. The number of hydrogen-bond donors (Lipinski definition) is 3. The van der Waals surface area contributed by atoms with Crippen molar-refractivity contribution < 1.29 is 19.2 Å². The maximum absolute atomic E-state index is 8.88. The van der Waals surface area contributed by atoms with Gasteiger partial charge in [0.2, 0.25) is 0 Å². The van der Waals surface area contributed by atoms with Gasteiger partial charge in [-0.2, -0.15) is 0 Å². The van der Waals surface area contributed by atoms with Crippen molar-refractivity contribution >= 4 is 7.82 Å². The van der Waals surface area contributed by atoms with Crippen LogP contribution in [0, 0.1) is 0 Å². The number of rotatable bonds is 11. The molecule has 5 nitrogen and oxygen atoms in total. The van der Waals surface area contributed by atoms with Crippen molar-refractivity contribution in [3.63, 3.8) is 0 Å². The average Bonchev–Trinajstić information content (AvgIpc) is 2.34. The molecule has 0 bridgehead atoms. The van der Waals surface area contributed by atoms with Gasteiger partial charge in [0.15, 0.2) is 0 Å². The summed E-state index contributed by atoms with van der Waals surface area (Å²) in [5.74, 6) is 0. The highest BCUT2D eigenvalue weighted by Crippen LogP contribution is 2.25. The molecule has 0 aliphatic rings. The molecule has 0 aromatic heterocycles. The monoisotopic (exact) mass is 325 g/mol. The summed E-state index contributed by atoms with van der Waals surface area (Å²) in [7, 11) is -0.172. The van der Waals surface area contributed by atoms with Crippen LogP contribution in [0.4, 0.5) is 0 Å². The Hall–Kier alpha value is 0.0700. The third kappa shape index (κ3) is 25.4. The van der Waals surface area contributed by atoms with E-state index >= 15 is 0 Å². The van der Waals surface area contributed by atoms with Gasteiger partial charge in [0.1, 0.15) is 0 Å². The average molecular weight is 325 g/mol.